The average Bonchev–Trinajstić information content (AvgIpc) is 3.05. The van der Waals surface area contributed by atoms with Crippen molar-refractivity contribution in [3.8, 4) is 0 Å². The highest BCUT2D eigenvalue weighted by molar-refractivity contribution is 5.09. The summed E-state index contributed by atoms with van der Waals surface area (Å²) in [6.45, 7) is 1.08. The van der Waals surface area contributed by atoms with E-state index in [-0.39, 0.29) is 12.1 Å². The third kappa shape index (κ3) is 2.47. The van der Waals surface area contributed by atoms with E-state index in [9.17, 15) is 5.11 Å². The van der Waals surface area contributed by atoms with Crippen LogP contribution < -0.4 is 5.32 Å². The van der Waals surface area contributed by atoms with E-state index in [2.05, 4.69) is 15.6 Å². The molecule has 2 saturated carbocycles. The van der Waals surface area contributed by atoms with Gasteiger partial charge >= 0.3 is 0 Å². The van der Waals surface area contributed by atoms with Gasteiger partial charge < -0.3 is 15.2 Å². The van der Waals surface area contributed by atoms with E-state index in [0.29, 0.717) is 25.1 Å². The molecule has 0 amide bonds. The number of hydrogen-bond acceptors (Lipinski definition) is 5. The van der Waals surface area contributed by atoms with Crippen molar-refractivity contribution in [2.24, 2.45) is 0 Å². The fourth-order valence-electron chi connectivity index (χ4n) is 3.06. The fourth-order valence-corrected chi connectivity index (χ4v) is 3.06. The maximum atomic E-state index is 10.1. The molecule has 6 nitrogen and oxygen atoms in total. The van der Waals surface area contributed by atoms with Crippen LogP contribution in [0.5, 0.6) is 0 Å². The van der Waals surface area contributed by atoms with Crippen LogP contribution in [0.1, 0.15) is 43.7 Å². The van der Waals surface area contributed by atoms with Crippen molar-refractivity contribution < 1.29 is 9.84 Å². The fraction of sp³-hybridized carbons (Fsp3) is 0.857. The number of nitrogens with zero attached hydrogens (tertiary/aromatic N) is 3. The summed E-state index contributed by atoms with van der Waals surface area (Å²) in [4.78, 5) is 0. The van der Waals surface area contributed by atoms with Crippen molar-refractivity contribution in [3.63, 3.8) is 0 Å². The Bertz CT molecular complexity index is 469. The number of nitrogens with one attached hydrogen (secondary N) is 1. The topological polar surface area (TPSA) is 72.2 Å². The summed E-state index contributed by atoms with van der Waals surface area (Å²) in [6, 6.07) is 0.575. The summed E-state index contributed by atoms with van der Waals surface area (Å²) in [6.07, 6.45) is 7.81. The molecule has 1 aliphatic heterocycles. The molecule has 3 fully saturated rings. The Kier molecular flexibility index (Phi) is 3.24. The van der Waals surface area contributed by atoms with Gasteiger partial charge in [-0.15, -0.1) is 5.10 Å². The van der Waals surface area contributed by atoms with Crippen LogP contribution in [0.15, 0.2) is 6.20 Å². The number of aliphatic hydroxyl groups excluding tert-OH is 1. The van der Waals surface area contributed by atoms with Crippen molar-refractivity contribution in [1.29, 1.82) is 0 Å². The normalized spacial score (nSPS) is 34.4. The average molecular weight is 278 g/mol. The SMILES string of the molecule is O[C@H]1CO[C@H](Cn2cc(C3CC3)nn2)[C@@H]1NC1CCC1. The van der Waals surface area contributed by atoms with Crippen LogP contribution in [0, 0.1) is 0 Å². The van der Waals surface area contributed by atoms with Gasteiger partial charge in [-0.1, -0.05) is 11.6 Å². The van der Waals surface area contributed by atoms with E-state index >= 15 is 0 Å². The van der Waals surface area contributed by atoms with E-state index in [4.69, 9.17) is 4.74 Å². The molecule has 0 unspecified atom stereocenters. The van der Waals surface area contributed by atoms with Crippen LogP contribution in [0.2, 0.25) is 0 Å². The molecule has 2 aliphatic carbocycles. The number of hydrogen-bond donors (Lipinski definition) is 2. The van der Waals surface area contributed by atoms with Crippen molar-refractivity contribution >= 4 is 0 Å². The highest BCUT2D eigenvalue weighted by Crippen LogP contribution is 2.38. The predicted octanol–water partition coefficient (Wildman–Crippen LogP) is 0.426. The monoisotopic (exact) mass is 278 g/mol. The summed E-state index contributed by atoms with van der Waals surface area (Å²) in [5.74, 6) is 0.628. The maximum absolute atomic E-state index is 10.1. The molecule has 20 heavy (non-hydrogen) atoms. The summed E-state index contributed by atoms with van der Waals surface area (Å²) in [5, 5.41) is 22.0. The molecule has 2 heterocycles. The quantitative estimate of drug-likeness (QED) is 0.817. The van der Waals surface area contributed by atoms with E-state index in [0.717, 1.165) is 5.69 Å². The highest BCUT2D eigenvalue weighted by atomic mass is 16.5. The number of rotatable bonds is 5. The lowest BCUT2D eigenvalue weighted by Gasteiger charge is -2.32. The summed E-state index contributed by atoms with van der Waals surface area (Å²) >= 11 is 0. The second-order valence-electron chi connectivity index (χ2n) is 6.40. The van der Waals surface area contributed by atoms with Gasteiger partial charge in [0, 0.05) is 18.2 Å². The van der Waals surface area contributed by atoms with Crippen LogP contribution in [0.3, 0.4) is 0 Å². The van der Waals surface area contributed by atoms with Gasteiger partial charge in [0.05, 0.1) is 37.1 Å². The minimum absolute atomic E-state index is 0.0145. The van der Waals surface area contributed by atoms with Gasteiger partial charge in [-0.25, -0.2) is 4.68 Å². The Labute approximate surface area is 118 Å². The third-order valence-corrected chi connectivity index (χ3v) is 4.75. The van der Waals surface area contributed by atoms with Gasteiger partial charge in [0.15, 0.2) is 0 Å². The Morgan fingerprint density at radius 2 is 2.20 bits per heavy atom. The molecule has 4 rings (SSSR count). The zero-order valence-corrected chi connectivity index (χ0v) is 11.6. The lowest BCUT2D eigenvalue weighted by molar-refractivity contribution is 0.0722. The van der Waals surface area contributed by atoms with Gasteiger partial charge in [0.1, 0.15) is 0 Å². The van der Waals surface area contributed by atoms with E-state index < -0.39 is 6.10 Å². The summed E-state index contributed by atoms with van der Waals surface area (Å²) in [7, 11) is 0. The molecule has 0 bridgehead atoms. The predicted molar refractivity (Wildman–Crippen MR) is 72.3 cm³/mol. The molecule has 0 spiro atoms. The van der Waals surface area contributed by atoms with Crippen LogP contribution in [0.4, 0.5) is 0 Å². The molecule has 110 valence electrons. The second-order valence-corrected chi connectivity index (χ2v) is 6.40. The van der Waals surface area contributed by atoms with Crippen LogP contribution >= 0.6 is 0 Å². The Morgan fingerprint density at radius 3 is 2.90 bits per heavy atom. The minimum atomic E-state index is -0.410. The Balaban J connectivity index is 1.39. The molecule has 2 N–H and O–H groups in total. The van der Waals surface area contributed by atoms with Crippen molar-refractivity contribution in [3.05, 3.63) is 11.9 Å². The molecular formula is C14H22N4O2. The lowest BCUT2D eigenvalue weighted by atomic mass is 9.91. The first-order valence-corrected chi connectivity index (χ1v) is 7.75. The van der Waals surface area contributed by atoms with Crippen molar-refractivity contribution in [1.82, 2.24) is 20.3 Å². The second kappa shape index (κ2) is 5.09. The number of ether oxygens (including phenoxy) is 1. The summed E-state index contributed by atoms with van der Waals surface area (Å²) in [5.41, 5.74) is 1.10. The first kappa shape index (κ1) is 12.7. The number of aromatic nitrogens is 3. The minimum Gasteiger partial charge on any atom is -0.389 e. The maximum Gasteiger partial charge on any atom is 0.0952 e. The molecule has 3 atom stereocenters. The molecule has 1 aromatic rings. The van der Waals surface area contributed by atoms with Crippen LogP contribution in [-0.2, 0) is 11.3 Å². The molecule has 1 aromatic heterocycles. The third-order valence-electron chi connectivity index (χ3n) is 4.75. The zero-order chi connectivity index (χ0) is 13.5. The van der Waals surface area contributed by atoms with Crippen LogP contribution in [-0.4, -0.2) is 51.0 Å². The lowest BCUT2D eigenvalue weighted by Crippen LogP contribution is -2.51. The molecule has 0 radical (unpaired) electrons. The molecule has 3 aliphatic rings. The molecule has 6 heteroatoms. The van der Waals surface area contributed by atoms with Crippen molar-refractivity contribution in [2.75, 3.05) is 6.61 Å². The first-order chi connectivity index (χ1) is 9.79. The smallest absolute Gasteiger partial charge is 0.0952 e. The van der Waals surface area contributed by atoms with E-state index in [1.54, 1.807) is 0 Å². The van der Waals surface area contributed by atoms with Gasteiger partial charge in [-0.2, -0.15) is 0 Å². The standard InChI is InChI=1S/C14H22N4O2/c19-12-8-20-13(14(12)15-10-2-1-3-10)7-18-6-11(16-17-18)9-4-5-9/h6,9-10,12-15,19H,1-5,7-8H2/t12-,13+,14+/m0/s1. The first-order valence-electron chi connectivity index (χ1n) is 7.75. The highest BCUT2D eigenvalue weighted by Gasteiger charge is 2.38. The van der Waals surface area contributed by atoms with E-state index in [1.165, 1.54) is 32.1 Å². The number of aliphatic hydroxyl groups is 1. The van der Waals surface area contributed by atoms with Gasteiger partial charge in [0.2, 0.25) is 0 Å². The zero-order valence-electron chi connectivity index (χ0n) is 11.6. The van der Waals surface area contributed by atoms with Gasteiger partial charge in [0.25, 0.3) is 0 Å². The van der Waals surface area contributed by atoms with Crippen LogP contribution in [0.25, 0.3) is 0 Å². The Hall–Kier alpha value is -0.980. The molecule has 0 aromatic carbocycles. The summed E-state index contributed by atoms with van der Waals surface area (Å²) < 4.78 is 7.60. The van der Waals surface area contributed by atoms with Crippen molar-refractivity contribution in [2.45, 2.75) is 68.9 Å². The van der Waals surface area contributed by atoms with Gasteiger partial charge in [-0.05, 0) is 25.7 Å². The molecule has 1 saturated heterocycles. The Morgan fingerprint density at radius 1 is 1.35 bits per heavy atom. The molecular weight excluding hydrogens is 256 g/mol. The van der Waals surface area contributed by atoms with E-state index in [1.807, 2.05) is 10.9 Å². The van der Waals surface area contributed by atoms with Gasteiger partial charge in [-0.3, -0.25) is 0 Å². The largest absolute Gasteiger partial charge is 0.389 e.